The molecule has 1 atom stereocenters. The number of carbonyl (C=O) groups excluding carboxylic acids is 1. The summed E-state index contributed by atoms with van der Waals surface area (Å²) in [6.45, 7) is 0.947. The molecule has 0 aliphatic carbocycles. The quantitative estimate of drug-likeness (QED) is 0.167. The zero-order chi connectivity index (χ0) is 24.0. The average molecular weight is 482 g/mol. The normalized spacial score (nSPS) is 12.2. The second-order valence-corrected chi connectivity index (χ2v) is 7.76. The van der Waals surface area contributed by atoms with Crippen LogP contribution in [0.25, 0.3) is 11.0 Å². The molecule has 0 saturated heterocycles. The Balaban J connectivity index is 1.90. The molecule has 8 nitrogen and oxygen atoms in total. The van der Waals surface area contributed by atoms with Gasteiger partial charge in [-0.1, -0.05) is 0 Å². The summed E-state index contributed by atoms with van der Waals surface area (Å²) in [5.74, 6) is -4.74. The van der Waals surface area contributed by atoms with Crippen molar-refractivity contribution >= 4 is 33.9 Å². The van der Waals surface area contributed by atoms with Crippen molar-refractivity contribution in [1.82, 2.24) is 14.7 Å². The van der Waals surface area contributed by atoms with Crippen LogP contribution in [0.2, 0.25) is 0 Å². The van der Waals surface area contributed by atoms with Gasteiger partial charge in [0.2, 0.25) is 11.3 Å². The maximum absolute atomic E-state index is 15.0. The van der Waals surface area contributed by atoms with E-state index in [1.807, 2.05) is 0 Å². The molecule has 33 heavy (non-hydrogen) atoms. The van der Waals surface area contributed by atoms with Crippen molar-refractivity contribution in [3.63, 3.8) is 0 Å². The predicted octanol–water partition coefficient (Wildman–Crippen LogP) is 3.00. The van der Waals surface area contributed by atoms with Crippen molar-refractivity contribution in [3.8, 4) is 0 Å². The van der Waals surface area contributed by atoms with Gasteiger partial charge in [-0.25, -0.2) is 27.1 Å². The van der Waals surface area contributed by atoms with E-state index in [9.17, 15) is 22.2 Å². The smallest absolute Gasteiger partial charge is 0.231 e. The SMILES string of the molecule is COCCNc1cnc2ccc(C(=O)c3c(F)c(F)cc(CCCNS(=O)O)c3F)cc2n1. The molecule has 0 aliphatic heterocycles. The van der Waals surface area contributed by atoms with Gasteiger partial charge < -0.3 is 10.1 Å². The van der Waals surface area contributed by atoms with Crippen molar-refractivity contribution in [2.24, 2.45) is 0 Å². The maximum atomic E-state index is 15.0. The van der Waals surface area contributed by atoms with E-state index in [1.165, 1.54) is 24.4 Å². The number of fused-ring (bicyclic) bond motifs is 1. The number of hydrogen-bond donors (Lipinski definition) is 3. The fourth-order valence-corrected chi connectivity index (χ4v) is 3.46. The zero-order valence-corrected chi connectivity index (χ0v) is 18.3. The Morgan fingerprint density at radius 2 is 1.94 bits per heavy atom. The molecule has 0 radical (unpaired) electrons. The second kappa shape index (κ2) is 11.3. The van der Waals surface area contributed by atoms with E-state index < -0.39 is 40.1 Å². The number of anilines is 1. The monoisotopic (exact) mass is 482 g/mol. The molecule has 176 valence electrons. The molecule has 0 fully saturated rings. The van der Waals surface area contributed by atoms with E-state index in [4.69, 9.17) is 9.29 Å². The molecule has 3 rings (SSSR count). The van der Waals surface area contributed by atoms with Gasteiger partial charge in [0.1, 0.15) is 11.6 Å². The third-order valence-electron chi connectivity index (χ3n) is 4.72. The van der Waals surface area contributed by atoms with Gasteiger partial charge in [0.05, 0.1) is 29.4 Å². The van der Waals surface area contributed by atoms with E-state index >= 15 is 0 Å². The third-order valence-corrected chi connectivity index (χ3v) is 5.17. The first-order valence-electron chi connectivity index (χ1n) is 9.87. The minimum absolute atomic E-state index is 0.0366. The van der Waals surface area contributed by atoms with E-state index in [0.717, 1.165) is 0 Å². The molecule has 1 unspecified atom stereocenters. The first-order valence-corrected chi connectivity index (χ1v) is 11.0. The Morgan fingerprint density at radius 1 is 1.15 bits per heavy atom. The summed E-state index contributed by atoms with van der Waals surface area (Å²) >= 11 is -2.24. The summed E-state index contributed by atoms with van der Waals surface area (Å²) in [4.78, 5) is 21.5. The largest absolute Gasteiger partial charge is 0.383 e. The Hall–Kier alpha value is -2.93. The van der Waals surface area contributed by atoms with Crippen molar-refractivity contribution in [3.05, 3.63) is 64.6 Å². The molecule has 0 aliphatic rings. The first kappa shape index (κ1) is 24.7. The highest BCUT2D eigenvalue weighted by molar-refractivity contribution is 7.77. The van der Waals surface area contributed by atoms with Crippen LogP contribution in [-0.4, -0.2) is 51.3 Å². The lowest BCUT2D eigenvalue weighted by atomic mass is 9.97. The minimum atomic E-state index is -2.24. The van der Waals surface area contributed by atoms with Gasteiger partial charge in [-0.3, -0.25) is 14.3 Å². The topological polar surface area (TPSA) is 113 Å². The highest BCUT2D eigenvalue weighted by atomic mass is 32.2. The number of benzene rings is 2. The summed E-state index contributed by atoms with van der Waals surface area (Å²) in [7, 11) is 1.55. The number of hydrogen-bond acceptors (Lipinski definition) is 6. The van der Waals surface area contributed by atoms with Gasteiger partial charge in [-0.05, 0) is 42.7 Å². The van der Waals surface area contributed by atoms with E-state index in [1.54, 1.807) is 7.11 Å². The maximum Gasteiger partial charge on any atom is 0.231 e. The van der Waals surface area contributed by atoms with E-state index in [2.05, 4.69) is 20.0 Å². The lowest BCUT2D eigenvalue weighted by Gasteiger charge is -2.11. The number of ketones is 1. The number of carbonyl (C=O) groups is 1. The number of aromatic nitrogens is 2. The van der Waals surface area contributed by atoms with Crippen molar-refractivity contribution in [2.45, 2.75) is 12.8 Å². The standard InChI is InChI=1S/C21H21F3N4O4S/c1-32-8-7-25-17-11-26-15-5-4-13(10-16(15)28-17)21(29)18-19(23)12(9-14(22)20(18)24)3-2-6-27-33(30)31/h4-5,9-11,27H,2-3,6-8H2,1H3,(H,25,28)(H,30,31). The fourth-order valence-electron chi connectivity index (χ4n) is 3.14. The molecular weight excluding hydrogens is 461 g/mol. The molecule has 1 aromatic heterocycles. The predicted molar refractivity (Wildman–Crippen MR) is 117 cm³/mol. The number of halogens is 3. The van der Waals surface area contributed by atoms with Crippen LogP contribution in [0, 0.1) is 17.5 Å². The Morgan fingerprint density at radius 3 is 2.67 bits per heavy atom. The fraction of sp³-hybridized carbons (Fsp3) is 0.286. The highest BCUT2D eigenvalue weighted by Gasteiger charge is 2.25. The van der Waals surface area contributed by atoms with Gasteiger partial charge in [0.25, 0.3) is 0 Å². The molecule has 3 N–H and O–H groups in total. The van der Waals surface area contributed by atoms with Gasteiger partial charge >= 0.3 is 0 Å². The van der Waals surface area contributed by atoms with Crippen molar-refractivity contribution in [2.75, 3.05) is 32.1 Å². The molecule has 0 bridgehead atoms. The van der Waals surface area contributed by atoms with Gasteiger partial charge in [-0.2, -0.15) is 0 Å². The van der Waals surface area contributed by atoms with Crippen molar-refractivity contribution in [1.29, 1.82) is 0 Å². The molecule has 0 saturated carbocycles. The van der Waals surface area contributed by atoms with Crippen LogP contribution in [0.4, 0.5) is 19.0 Å². The van der Waals surface area contributed by atoms with Crippen LogP contribution < -0.4 is 10.0 Å². The molecular formula is C21H21F3N4O4S. The first-order chi connectivity index (χ1) is 15.8. The van der Waals surface area contributed by atoms with Gasteiger partial charge in [0.15, 0.2) is 17.4 Å². The summed E-state index contributed by atoms with van der Waals surface area (Å²) in [5, 5.41) is 2.99. The zero-order valence-electron chi connectivity index (χ0n) is 17.5. The molecule has 3 aromatic rings. The number of nitrogens with one attached hydrogen (secondary N) is 2. The number of rotatable bonds is 11. The van der Waals surface area contributed by atoms with Gasteiger partial charge in [0, 0.05) is 25.8 Å². The molecule has 0 amide bonds. The third kappa shape index (κ3) is 6.11. The second-order valence-electron chi connectivity index (χ2n) is 6.97. The molecule has 0 spiro atoms. The van der Waals surface area contributed by atoms with Crippen LogP contribution in [0.15, 0.2) is 30.5 Å². The molecule has 2 aromatic carbocycles. The highest BCUT2D eigenvalue weighted by Crippen LogP contribution is 2.25. The van der Waals surface area contributed by atoms with E-state index in [-0.39, 0.29) is 30.5 Å². The Kier molecular flexibility index (Phi) is 8.44. The Labute approximate surface area is 190 Å². The molecule has 12 heteroatoms. The summed E-state index contributed by atoms with van der Waals surface area (Å²) < 4.78 is 70.0. The lowest BCUT2D eigenvalue weighted by molar-refractivity contribution is 0.102. The van der Waals surface area contributed by atoms with Crippen LogP contribution in [0.5, 0.6) is 0 Å². The van der Waals surface area contributed by atoms with E-state index in [0.29, 0.717) is 36.1 Å². The van der Waals surface area contributed by atoms with Crippen molar-refractivity contribution < 1.29 is 31.5 Å². The minimum Gasteiger partial charge on any atom is -0.383 e. The van der Waals surface area contributed by atoms with Gasteiger partial charge in [-0.15, -0.1) is 0 Å². The number of ether oxygens (including phenoxy) is 1. The molecule has 1 heterocycles. The van der Waals surface area contributed by atoms with Crippen LogP contribution in [-0.2, 0) is 22.4 Å². The summed E-state index contributed by atoms with van der Waals surface area (Å²) in [5.41, 5.74) is -0.543. The van der Waals surface area contributed by atoms with Crippen LogP contribution in [0.3, 0.4) is 0 Å². The van der Waals surface area contributed by atoms with Crippen LogP contribution in [0.1, 0.15) is 27.9 Å². The number of methoxy groups -OCH3 is 1. The van der Waals surface area contributed by atoms with Crippen LogP contribution >= 0.6 is 0 Å². The summed E-state index contributed by atoms with van der Waals surface area (Å²) in [6.07, 6.45) is 1.58. The Bertz CT molecular complexity index is 1200. The lowest BCUT2D eigenvalue weighted by Crippen LogP contribution is -2.18. The average Bonchev–Trinajstić information content (AvgIpc) is 2.79. The number of nitrogens with zero attached hydrogens (tertiary/aromatic N) is 2. The summed E-state index contributed by atoms with van der Waals surface area (Å²) in [6, 6.07) is 4.82. The number of aryl methyl sites for hydroxylation is 1.